The Labute approximate surface area is 133 Å². The fourth-order valence-corrected chi connectivity index (χ4v) is 4.28. The van der Waals surface area contributed by atoms with E-state index in [1.165, 1.54) is 27.6 Å². The molecule has 1 aromatic heterocycles. The van der Waals surface area contributed by atoms with Gasteiger partial charge in [0.05, 0.1) is 10.9 Å². The fraction of sp³-hybridized carbons (Fsp3) is 0.235. The second-order valence-corrected chi connectivity index (χ2v) is 7.03. The summed E-state index contributed by atoms with van der Waals surface area (Å²) in [6, 6.07) is 10.4. The van der Waals surface area contributed by atoms with Crippen LogP contribution in [0.15, 0.2) is 43.0 Å². The van der Waals surface area contributed by atoms with Crippen LogP contribution in [0, 0.1) is 6.92 Å². The van der Waals surface area contributed by atoms with Gasteiger partial charge in [-0.2, -0.15) is 0 Å². The molecule has 0 aliphatic carbocycles. The van der Waals surface area contributed by atoms with E-state index in [-0.39, 0.29) is 11.8 Å². The molecule has 21 heavy (non-hydrogen) atoms. The Hall–Kier alpha value is -1.58. The number of halogens is 1. The first-order valence-electron chi connectivity index (χ1n) is 6.85. The van der Waals surface area contributed by atoms with E-state index in [0.717, 1.165) is 4.34 Å². The summed E-state index contributed by atoms with van der Waals surface area (Å²) in [6.07, 6.45) is 1.38. The number of nitrogens with zero attached hydrogens (tertiary/aromatic N) is 1. The van der Waals surface area contributed by atoms with Crippen molar-refractivity contribution in [2.24, 2.45) is 0 Å². The van der Waals surface area contributed by atoms with Gasteiger partial charge in [0.15, 0.2) is 0 Å². The van der Waals surface area contributed by atoms with Gasteiger partial charge in [0.25, 0.3) is 0 Å². The lowest BCUT2D eigenvalue weighted by atomic mass is 9.86. The molecule has 108 valence electrons. The van der Waals surface area contributed by atoms with Crippen LogP contribution in [-0.4, -0.2) is 17.4 Å². The van der Waals surface area contributed by atoms with Crippen molar-refractivity contribution in [1.29, 1.82) is 0 Å². The average molecular weight is 318 g/mol. The molecule has 0 unspecified atom stereocenters. The van der Waals surface area contributed by atoms with Crippen molar-refractivity contribution in [1.82, 2.24) is 4.90 Å². The monoisotopic (exact) mass is 317 g/mol. The number of hydrogen-bond acceptors (Lipinski definition) is 2. The molecule has 1 amide bonds. The molecular formula is C17H16ClNOS. The third kappa shape index (κ3) is 2.63. The Balaban J connectivity index is 2.08. The summed E-state index contributed by atoms with van der Waals surface area (Å²) in [5, 5.41) is 0. The van der Waals surface area contributed by atoms with Crippen molar-refractivity contribution in [3.63, 3.8) is 0 Å². The van der Waals surface area contributed by atoms with Crippen LogP contribution >= 0.6 is 22.9 Å². The molecular weight excluding hydrogens is 302 g/mol. The summed E-state index contributed by atoms with van der Waals surface area (Å²) < 4.78 is 0.784. The lowest BCUT2D eigenvalue weighted by Crippen LogP contribution is -2.37. The van der Waals surface area contributed by atoms with Crippen molar-refractivity contribution >= 4 is 28.8 Å². The number of aryl methyl sites for hydroxylation is 1. The number of rotatable bonds is 2. The van der Waals surface area contributed by atoms with E-state index in [0.29, 0.717) is 13.1 Å². The normalized spacial score (nSPS) is 17.4. The molecule has 2 heterocycles. The number of carbonyl (C=O) groups excluding carboxylic acids is 1. The summed E-state index contributed by atoms with van der Waals surface area (Å²) in [5.41, 5.74) is 3.76. The molecule has 2 aromatic rings. The van der Waals surface area contributed by atoms with Gasteiger partial charge in [0.2, 0.25) is 5.91 Å². The molecule has 3 rings (SSSR count). The number of carbonyl (C=O) groups is 1. The van der Waals surface area contributed by atoms with Crippen molar-refractivity contribution in [2.75, 3.05) is 6.54 Å². The summed E-state index contributed by atoms with van der Waals surface area (Å²) in [6.45, 7) is 7.01. The zero-order valence-corrected chi connectivity index (χ0v) is 13.4. The van der Waals surface area contributed by atoms with Crippen LogP contribution in [-0.2, 0) is 11.3 Å². The second-order valence-electron chi connectivity index (χ2n) is 5.26. The molecule has 2 nitrogen and oxygen atoms in total. The van der Waals surface area contributed by atoms with Gasteiger partial charge in [0.1, 0.15) is 0 Å². The predicted molar refractivity (Wildman–Crippen MR) is 88.0 cm³/mol. The van der Waals surface area contributed by atoms with E-state index in [9.17, 15) is 4.79 Å². The summed E-state index contributed by atoms with van der Waals surface area (Å²) in [4.78, 5) is 15.0. The highest BCUT2D eigenvalue weighted by atomic mass is 35.5. The van der Waals surface area contributed by atoms with E-state index >= 15 is 0 Å². The quantitative estimate of drug-likeness (QED) is 0.753. The maximum atomic E-state index is 12.0. The highest BCUT2D eigenvalue weighted by Crippen LogP contribution is 2.40. The van der Waals surface area contributed by atoms with Crippen molar-refractivity contribution < 1.29 is 4.79 Å². The van der Waals surface area contributed by atoms with Crippen molar-refractivity contribution in [3.05, 3.63) is 68.9 Å². The molecule has 0 saturated heterocycles. The molecule has 0 fully saturated rings. The van der Waals surface area contributed by atoms with Crippen LogP contribution in [0.25, 0.3) is 0 Å². The van der Waals surface area contributed by atoms with E-state index in [4.69, 9.17) is 11.6 Å². The van der Waals surface area contributed by atoms with Crippen LogP contribution in [0.4, 0.5) is 0 Å². The molecule has 0 radical (unpaired) electrons. The lowest BCUT2D eigenvalue weighted by molar-refractivity contribution is -0.127. The standard InChI is InChI=1S/C17H16ClNOS/c1-3-17(20)19-9-14(12-7-5-4-6-11(12)2)13-8-16(18)21-15(13)10-19/h3-8,14H,1,9-10H2,2H3/t14-/m0/s1. The SMILES string of the molecule is C=CC(=O)N1Cc2sc(Cl)cc2[C@H](c2ccccc2C)C1. The minimum absolute atomic E-state index is 0.0243. The van der Waals surface area contributed by atoms with Gasteiger partial charge in [-0.15, -0.1) is 11.3 Å². The van der Waals surface area contributed by atoms with Crippen LogP contribution in [0.5, 0.6) is 0 Å². The molecule has 1 atom stereocenters. The Bertz CT molecular complexity index is 707. The van der Waals surface area contributed by atoms with Crippen LogP contribution < -0.4 is 0 Å². The largest absolute Gasteiger partial charge is 0.333 e. The van der Waals surface area contributed by atoms with Crippen molar-refractivity contribution in [2.45, 2.75) is 19.4 Å². The first kappa shape index (κ1) is 14.4. The van der Waals surface area contributed by atoms with Gasteiger partial charge in [-0.25, -0.2) is 0 Å². The van der Waals surface area contributed by atoms with Crippen LogP contribution in [0.2, 0.25) is 4.34 Å². The first-order chi connectivity index (χ1) is 10.1. The fourth-order valence-electron chi connectivity index (χ4n) is 2.92. The zero-order chi connectivity index (χ0) is 15.0. The van der Waals surface area contributed by atoms with E-state index < -0.39 is 0 Å². The minimum atomic E-state index is -0.0243. The molecule has 1 aliphatic heterocycles. The van der Waals surface area contributed by atoms with E-state index in [1.54, 1.807) is 11.3 Å². The Morgan fingerprint density at radius 2 is 2.19 bits per heavy atom. The topological polar surface area (TPSA) is 20.3 Å². The van der Waals surface area contributed by atoms with Gasteiger partial charge in [0, 0.05) is 17.3 Å². The summed E-state index contributed by atoms with van der Waals surface area (Å²) in [7, 11) is 0. The maximum absolute atomic E-state index is 12.0. The molecule has 1 aliphatic rings. The molecule has 0 spiro atoms. The van der Waals surface area contributed by atoms with Gasteiger partial charge >= 0.3 is 0 Å². The Morgan fingerprint density at radius 3 is 2.90 bits per heavy atom. The number of hydrogen-bond donors (Lipinski definition) is 0. The lowest BCUT2D eigenvalue weighted by Gasteiger charge is -2.33. The highest BCUT2D eigenvalue weighted by Gasteiger charge is 2.30. The summed E-state index contributed by atoms with van der Waals surface area (Å²) in [5.74, 6) is 0.159. The molecule has 1 aromatic carbocycles. The van der Waals surface area contributed by atoms with E-state index in [2.05, 4.69) is 25.6 Å². The molecule has 4 heteroatoms. The van der Waals surface area contributed by atoms with Gasteiger partial charge in [-0.3, -0.25) is 4.79 Å². The molecule has 0 N–H and O–H groups in total. The highest BCUT2D eigenvalue weighted by molar-refractivity contribution is 7.16. The van der Waals surface area contributed by atoms with Crippen molar-refractivity contribution in [3.8, 4) is 0 Å². The zero-order valence-electron chi connectivity index (χ0n) is 11.8. The number of benzene rings is 1. The molecule has 0 saturated carbocycles. The van der Waals surface area contributed by atoms with E-state index in [1.807, 2.05) is 23.1 Å². The first-order valence-corrected chi connectivity index (χ1v) is 8.04. The van der Waals surface area contributed by atoms with Gasteiger partial charge < -0.3 is 4.90 Å². The van der Waals surface area contributed by atoms with Gasteiger partial charge in [-0.1, -0.05) is 42.4 Å². The third-order valence-corrected chi connectivity index (χ3v) is 5.24. The number of thiophene rings is 1. The van der Waals surface area contributed by atoms with Crippen LogP contribution in [0.3, 0.4) is 0 Å². The molecule has 0 bridgehead atoms. The Kier molecular flexibility index (Phi) is 3.87. The maximum Gasteiger partial charge on any atom is 0.246 e. The number of fused-ring (bicyclic) bond motifs is 1. The minimum Gasteiger partial charge on any atom is -0.333 e. The smallest absolute Gasteiger partial charge is 0.246 e. The second kappa shape index (κ2) is 5.66. The Morgan fingerprint density at radius 1 is 1.43 bits per heavy atom. The van der Waals surface area contributed by atoms with Gasteiger partial charge in [-0.05, 0) is 35.8 Å². The van der Waals surface area contributed by atoms with Crippen LogP contribution in [0.1, 0.15) is 27.5 Å². The predicted octanol–water partition coefficient (Wildman–Crippen LogP) is 4.37. The third-order valence-electron chi connectivity index (χ3n) is 3.97. The summed E-state index contributed by atoms with van der Waals surface area (Å²) >= 11 is 7.76. The number of amides is 1. The average Bonchev–Trinajstić information content (AvgIpc) is 2.86.